The first kappa shape index (κ1) is 21.8. The maximum absolute atomic E-state index is 13.3. The number of nitro benzene ring substituents is 1. The summed E-state index contributed by atoms with van der Waals surface area (Å²) < 4.78 is 0. The van der Waals surface area contributed by atoms with Crippen LogP contribution in [0.25, 0.3) is 10.8 Å². The summed E-state index contributed by atoms with van der Waals surface area (Å²) in [7, 11) is 0. The van der Waals surface area contributed by atoms with Gasteiger partial charge in [0.25, 0.3) is 11.6 Å². The zero-order valence-electron chi connectivity index (χ0n) is 17.8. The van der Waals surface area contributed by atoms with Crippen molar-refractivity contribution in [3.8, 4) is 0 Å². The molecule has 1 saturated heterocycles. The second-order valence-electron chi connectivity index (χ2n) is 7.53. The number of amides is 4. The number of carbonyl (C=O) groups excluding carboxylic acids is 3. The summed E-state index contributed by atoms with van der Waals surface area (Å²) in [5.41, 5.74) is 0.227. The molecule has 4 amide bonds. The van der Waals surface area contributed by atoms with Gasteiger partial charge in [0, 0.05) is 37.2 Å². The molecule has 3 aromatic carbocycles. The molecule has 0 bridgehead atoms. The van der Waals surface area contributed by atoms with Gasteiger partial charge in [-0.05, 0) is 30.0 Å². The molecule has 3 aromatic rings. The van der Waals surface area contributed by atoms with E-state index < -0.39 is 22.5 Å². The Kier molecular flexibility index (Phi) is 5.90. The predicted molar refractivity (Wildman–Crippen MR) is 123 cm³/mol. The molecule has 168 valence electrons. The van der Waals surface area contributed by atoms with Crippen LogP contribution >= 0.6 is 0 Å². The standard InChI is InChI=1S/C23H21N5O5/c1-15(29)24-17-10-11-21(28(32)33)19(14-17)22(30)26-12-5-13-27(26)23(31)25-20-9-4-7-16-6-2-3-8-18(16)20/h2-4,6-11,14H,5,12-13H2,1H3,(H,24,29)(H,25,31). The van der Waals surface area contributed by atoms with Crippen molar-refractivity contribution in [2.24, 2.45) is 0 Å². The molecular weight excluding hydrogens is 426 g/mol. The third-order valence-electron chi connectivity index (χ3n) is 5.28. The Morgan fingerprint density at radius 1 is 0.939 bits per heavy atom. The minimum Gasteiger partial charge on any atom is -0.326 e. The monoisotopic (exact) mass is 447 g/mol. The van der Waals surface area contributed by atoms with Crippen molar-refractivity contribution in [3.63, 3.8) is 0 Å². The highest BCUT2D eigenvalue weighted by Crippen LogP contribution is 2.28. The molecule has 1 aliphatic heterocycles. The Hall–Kier alpha value is -4.47. The number of carbonyl (C=O) groups is 3. The Labute approximate surface area is 188 Å². The number of benzene rings is 3. The molecule has 0 unspecified atom stereocenters. The van der Waals surface area contributed by atoms with E-state index in [1.807, 2.05) is 36.4 Å². The maximum Gasteiger partial charge on any atom is 0.340 e. The number of rotatable bonds is 4. The molecule has 1 fully saturated rings. The first-order chi connectivity index (χ1) is 15.8. The van der Waals surface area contributed by atoms with Crippen LogP contribution in [0.5, 0.6) is 0 Å². The summed E-state index contributed by atoms with van der Waals surface area (Å²) in [6, 6.07) is 16.3. The summed E-state index contributed by atoms with van der Waals surface area (Å²) in [5.74, 6) is -1.07. The van der Waals surface area contributed by atoms with Crippen LogP contribution < -0.4 is 10.6 Å². The Morgan fingerprint density at radius 3 is 2.42 bits per heavy atom. The predicted octanol–water partition coefficient (Wildman–Crippen LogP) is 4.00. The second-order valence-corrected chi connectivity index (χ2v) is 7.53. The molecule has 0 aliphatic carbocycles. The fourth-order valence-corrected chi connectivity index (χ4v) is 3.83. The molecule has 1 aliphatic rings. The molecule has 10 heteroatoms. The van der Waals surface area contributed by atoms with Crippen molar-refractivity contribution in [2.45, 2.75) is 13.3 Å². The van der Waals surface area contributed by atoms with E-state index in [0.29, 0.717) is 12.1 Å². The lowest BCUT2D eigenvalue weighted by atomic mass is 10.1. The van der Waals surface area contributed by atoms with Gasteiger partial charge in [0.2, 0.25) is 5.91 Å². The van der Waals surface area contributed by atoms with E-state index in [1.54, 1.807) is 6.07 Å². The molecule has 0 aromatic heterocycles. The zero-order chi connectivity index (χ0) is 23.5. The van der Waals surface area contributed by atoms with E-state index in [9.17, 15) is 24.5 Å². The van der Waals surface area contributed by atoms with E-state index in [0.717, 1.165) is 16.8 Å². The Bertz CT molecular complexity index is 1270. The van der Waals surface area contributed by atoms with Gasteiger partial charge >= 0.3 is 6.03 Å². The fraction of sp³-hybridized carbons (Fsp3) is 0.174. The highest BCUT2D eigenvalue weighted by molar-refractivity contribution is 6.04. The normalized spacial score (nSPS) is 13.1. The number of anilines is 2. The lowest BCUT2D eigenvalue weighted by Crippen LogP contribution is -2.46. The van der Waals surface area contributed by atoms with E-state index in [2.05, 4.69) is 10.6 Å². The number of hydrazine groups is 1. The third kappa shape index (κ3) is 4.45. The van der Waals surface area contributed by atoms with Crippen LogP contribution in [0.1, 0.15) is 23.7 Å². The van der Waals surface area contributed by atoms with Crippen LogP contribution in [0, 0.1) is 10.1 Å². The van der Waals surface area contributed by atoms with Gasteiger partial charge in [0.05, 0.1) is 10.6 Å². The quantitative estimate of drug-likeness (QED) is 0.462. The summed E-state index contributed by atoms with van der Waals surface area (Å²) >= 11 is 0. The summed E-state index contributed by atoms with van der Waals surface area (Å²) in [6.45, 7) is 1.80. The van der Waals surface area contributed by atoms with Crippen LogP contribution in [0.15, 0.2) is 60.7 Å². The lowest BCUT2D eigenvalue weighted by molar-refractivity contribution is -0.385. The van der Waals surface area contributed by atoms with Crippen LogP contribution in [0.2, 0.25) is 0 Å². The van der Waals surface area contributed by atoms with Crippen molar-refractivity contribution in [3.05, 3.63) is 76.3 Å². The molecule has 2 N–H and O–H groups in total. The van der Waals surface area contributed by atoms with Crippen molar-refractivity contribution in [2.75, 3.05) is 23.7 Å². The molecule has 33 heavy (non-hydrogen) atoms. The molecule has 0 radical (unpaired) electrons. The van der Waals surface area contributed by atoms with Crippen LogP contribution in [0.3, 0.4) is 0 Å². The largest absolute Gasteiger partial charge is 0.340 e. The van der Waals surface area contributed by atoms with Crippen molar-refractivity contribution < 1.29 is 19.3 Å². The van der Waals surface area contributed by atoms with Gasteiger partial charge in [0.1, 0.15) is 5.56 Å². The smallest absolute Gasteiger partial charge is 0.326 e. The number of nitro groups is 1. The molecule has 0 atom stereocenters. The number of nitrogens with one attached hydrogen (secondary N) is 2. The first-order valence-corrected chi connectivity index (χ1v) is 10.3. The molecule has 1 heterocycles. The van der Waals surface area contributed by atoms with Crippen LogP contribution in [-0.2, 0) is 4.79 Å². The third-order valence-corrected chi connectivity index (χ3v) is 5.28. The van der Waals surface area contributed by atoms with Gasteiger partial charge in [-0.3, -0.25) is 19.7 Å². The van der Waals surface area contributed by atoms with E-state index in [4.69, 9.17) is 0 Å². The zero-order valence-corrected chi connectivity index (χ0v) is 17.8. The second kappa shape index (κ2) is 8.95. The number of nitrogens with zero attached hydrogens (tertiary/aromatic N) is 3. The van der Waals surface area contributed by atoms with Gasteiger partial charge in [-0.1, -0.05) is 36.4 Å². The number of fused-ring (bicyclic) bond motifs is 1. The summed E-state index contributed by atoms with van der Waals surface area (Å²) in [6.07, 6.45) is 0.522. The minimum atomic E-state index is -0.695. The van der Waals surface area contributed by atoms with Crippen molar-refractivity contribution in [1.82, 2.24) is 10.0 Å². The molecule has 0 saturated carbocycles. The van der Waals surface area contributed by atoms with Gasteiger partial charge < -0.3 is 10.6 Å². The molecule has 10 nitrogen and oxygen atoms in total. The minimum absolute atomic E-state index is 0.212. The van der Waals surface area contributed by atoms with Gasteiger partial charge in [-0.25, -0.2) is 14.8 Å². The Balaban J connectivity index is 1.61. The SMILES string of the molecule is CC(=O)Nc1ccc([N+](=O)[O-])c(C(=O)N2CCCN2C(=O)Nc2cccc3ccccc23)c1. The van der Waals surface area contributed by atoms with Gasteiger partial charge in [-0.2, -0.15) is 0 Å². The lowest BCUT2D eigenvalue weighted by Gasteiger charge is -2.28. The average Bonchev–Trinajstić information content (AvgIpc) is 3.28. The van der Waals surface area contributed by atoms with Crippen LogP contribution in [-0.4, -0.2) is 45.9 Å². The van der Waals surface area contributed by atoms with Crippen molar-refractivity contribution in [1.29, 1.82) is 0 Å². The maximum atomic E-state index is 13.3. The summed E-state index contributed by atoms with van der Waals surface area (Å²) in [4.78, 5) is 48.6. The number of hydrogen-bond acceptors (Lipinski definition) is 5. The fourth-order valence-electron chi connectivity index (χ4n) is 3.83. The van der Waals surface area contributed by atoms with Gasteiger partial charge in [0.15, 0.2) is 0 Å². The molecule has 4 rings (SSSR count). The molecular formula is C23H21N5O5. The van der Waals surface area contributed by atoms with Gasteiger partial charge in [-0.15, -0.1) is 0 Å². The van der Waals surface area contributed by atoms with Crippen LogP contribution in [0.4, 0.5) is 21.9 Å². The molecule has 0 spiro atoms. The highest BCUT2D eigenvalue weighted by Gasteiger charge is 2.34. The van der Waals surface area contributed by atoms with E-state index in [1.165, 1.54) is 29.1 Å². The van der Waals surface area contributed by atoms with E-state index in [-0.39, 0.29) is 30.2 Å². The topological polar surface area (TPSA) is 125 Å². The number of urea groups is 1. The Morgan fingerprint density at radius 2 is 1.67 bits per heavy atom. The highest BCUT2D eigenvalue weighted by atomic mass is 16.6. The summed E-state index contributed by atoms with van der Waals surface area (Å²) in [5, 5.41) is 21.1. The number of hydrogen-bond donors (Lipinski definition) is 2. The van der Waals surface area contributed by atoms with E-state index >= 15 is 0 Å². The average molecular weight is 447 g/mol. The van der Waals surface area contributed by atoms with Crippen molar-refractivity contribution >= 4 is 45.7 Å². The first-order valence-electron chi connectivity index (χ1n) is 10.3.